The summed E-state index contributed by atoms with van der Waals surface area (Å²) in [5.41, 5.74) is 0.399. The Bertz CT molecular complexity index is 796. The summed E-state index contributed by atoms with van der Waals surface area (Å²) in [4.78, 5) is 17.4. The van der Waals surface area contributed by atoms with E-state index in [9.17, 15) is 9.90 Å². The van der Waals surface area contributed by atoms with Gasteiger partial charge in [0.2, 0.25) is 0 Å². The van der Waals surface area contributed by atoms with Gasteiger partial charge in [0.25, 0.3) is 0 Å². The number of carbonyl (C=O) groups is 1. The second-order valence-electron chi connectivity index (χ2n) is 13.5. The van der Waals surface area contributed by atoms with Crippen molar-refractivity contribution in [2.45, 2.75) is 103 Å². The van der Waals surface area contributed by atoms with E-state index in [0.29, 0.717) is 23.3 Å². The van der Waals surface area contributed by atoms with Crippen molar-refractivity contribution in [1.82, 2.24) is 9.80 Å². The molecule has 4 saturated carbocycles. The maximum absolute atomic E-state index is 12.2. The van der Waals surface area contributed by atoms with Crippen LogP contribution < -0.4 is 0 Å². The number of aliphatic hydroxyl groups excluding tert-OH is 1. The highest BCUT2D eigenvalue weighted by molar-refractivity contribution is 5.66. The standard InChI is InChI=1S/C29H48N2O4/c1-19(32)35-27-24(30-10-4-5-11-30)17-23-21-7-6-20-16-26(33)25(31-12-14-34-15-13-31)18-29(20,3)22(21)8-9-28(23,27)2/h20-27,33H,4-18H2,1-3H3/t20-,21+,22-,23-,24-,25-,26-,27?,28-,29-/m0/s1. The molecule has 6 heteroatoms. The Morgan fingerprint density at radius 2 is 1.63 bits per heavy atom. The zero-order valence-corrected chi connectivity index (χ0v) is 22.3. The second kappa shape index (κ2) is 9.25. The average Bonchev–Trinajstić information content (AvgIpc) is 3.46. The highest BCUT2D eigenvalue weighted by Gasteiger charge is 2.65. The number of hydrogen-bond donors (Lipinski definition) is 1. The highest BCUT2D eigenvalue weighted by atomic mass is 16.5. The number of rotatable bonds is 3. The molecule has 2 heterocycles. The summed E-state index contributed by atoms with van der Waals surface area (Å²) >= 11 is 0. The number of esters is 1. The highest BCUT2D eigenvalue weighted by Crippen LogP contribution is 2.67. The fourth-order valence-corrected chi connectivity index (χ4v) is 10.3. The SMILES string of the molecule is CC(=O)OC1[C@@H](N2CCCC2)C[C@H]2[C@@H]3CC[C@H]4C[C@H](O)[C@@H](N5CCOCC5)C[C@]4(C)[C@H]3CC[C@]12C. The van der Waals surface area contributed by atoms with E-state index in [4.69, 9.17) is 9.47 Å². The summed E-state index contributed by atoms with van der Waals surface area (Å²) in [6.45, 7) is 12.5. The Kier molecular flexibility index (Phi) is 6.51. The third-order valence-corrected chi connectivity index (χ3v) is 12.0. The summed E-state index contributed by atoms with van der Waals surface area (Å²) in [6, 6.07) is 0.678. The number of nitrogens with zero attached hydrogens (tertiary/aromatic N) is 2. The maximum atomic E-state index is 12.2. The molecule has 35 heavy (non-hydrogen) atoms. The second-order valence-corrected chi connectivity index (χ2v) is 13.5. The molecule has 10 atom stereocenters. The molecule has 0 bridgehead atoms. The molecule has 0 aromatic carbocycles. The molecular formula is C29H48N2O4. The zero-order valence-electron chi connectivity index (χ0n) is 22.3. The molecule has 6 rings (SSSR count). The van der Waals surface area contributed by atoms with Crippen LogP contribution in [0.4, 0.5) is 0 Å². The van der Waals surface area contributed by atoms with Crippen molar-refractivity contribution < 1.29 is 19.4 Å². The van der Waals surface area contributed by atoms with Gasteiger partial charge in [-0.25, -0.2) is 0 Å². The molecule has 1 unspecified atom stereocenters. The van der Waals surface area contributed by atoms with Gasteiger partial charge in [-0.2, -0.15) is 0 Å². The summed E-state index contributed by atoms with van der Waals surface area (Å²) in [5.74, 6) is 2.63. The smallest absolute Gasteiger partial charge is 0.302 e. The molecule has 198 valence electrons. The first-order chi connectivity index (χ1) is 16.8. The molecule has 0 aromatic heterocycles. The van der Waals surface area contributed by atoms with E-state index in [1.54, 1.807) is 6.92 Å². The van der Waals surface area contributed by atoms with Gasteiger partial charge in [-0.3, -0.25) is 14.6 Å². The number of likely N-dealkylation sites (tertiary alicyclic amines) is 1. The normalized spacial score (nSPS) is 50.9. The van der Waals surface area contributed by atoms with Gasteiger partial charge in [0.1, 0.15) is 6.10 Å². The quantitative estimate of drug-likeness (QED) is 0.611. The van der Waals surface area contributed by atoms with Crippen LogP contribution in [0.3, 0.4) is 0 Å². The van der Waals surface area contributed by atoms with E-state index < -0.39 is 0 Å². The molecule has 6 fully saturated rings. The summed E-state index contributed by atoms with van der Waals surface area (Å²) in [6.07, 6.45) is 10.7. The van der Waals surface area contributed by atoms with Gasteiger partial charge in [0.15, 0.2) is 0 Å². The third-order valence-electron chi connectivity index (χ3n) is 12.0. The average molecular weight is 489 g/mol. The van der Waals surface area contributed by atoms with Gasteiger partial charge in [-0.15, -0.1) is 0 Å². The van der Waals surface area contributed by atoms with Gasteiger partial charge in [-0.05, 0) is 100.0 Å². The Labute approximate surface area is 212 Å². The van der Waals surface area contributed by atoms with Crippen LogP contribution in [0.2, 0.25) is 0 Å². The first kappa shape index (κ1) is 24.6. The summed E-state index contributed by atoms with van der Waals surface area (Å²) < 4.78 is 11.8. The number of fused-ring (bicyclic) bond motifs is 5. The first-order valence-electron chi connectivity index (χ1n) is 14.7. The first-order valence-corrected chi connectivity index (χ1v) is 14.7. The fourth-order valence-electron chi connectivity index (χ4n) is 10.3. The van der Waals surface area contributed by atoms with E-state index in [1.165, 1.54) is 44.9 Å². The number of aliphatic hydroxyl groups is 1. The van der Waals surface area contributed by atoms with Gasteiger partial charge in [-0.1, -0.05) is 13.8 Å². The molecule has 0 amide bonds. The molecule has 2 saturated heterocycles. The van der Waals surface area contributed by atoms with Crippen molar-refractivity contribution >= 4 is 5.97 Å². The van der Waals surface area contributed by atoms with Crippen molar-refractivity contribution in [3.8, 4) is 0 Å². The number of carbonyl (C=O) groups excluding carboxylic acids is 1. The van der Waals surface area contributed by atoms with Crippen LogP contribution in [0.5, 0.6) is 0 Å². The minimum atomic E-state index is -0.198. The summed E-state index contributed by atoms with van der Waals surface area (Å²) in [7, 11) is 0. The number of hydrogen-bond acceptors (Lipinski definition) is 6. The molecule has 0 spiro atoms. The van der Waals surface area contributed by atoms with Gasteiger partial charge < -0.3 is 14.6 Å². The van der Waals surface area contributed by atoms with Crippen LogP contribution >= 0.6 is 0 Å². The lowest BCUT2D eigenvalue weighted by Crippen LogP contribution is -2.61. The van der Waals surface area contributed by atoms with E-state index in [-0.39, 0.29) is 29.6 Å². The molecule has 6 nitrogen and oxygen atoms in total. The van der Waals surface area contributed by atoms with E-state index >= 15 is 0 Å². The minimum absolute atomic E-state index is 0.0452. The molecule has 0 aromatic rings. The monoisotopic (exact) mass is 488 g/mol. The lowest BCUT2D eigenvalue weighted by atomic mass is 9.44. The van der Waals surface area contributed by atoms with Crippen molar-refractivity contribution in [3.63, 3.8) is 0 Å². The lowest BCUT2D eigenvalue weighted by molar-refractivity contribution is -0.172. The molecule has 6 aliphatic rings. The van der Waals surface area contributed by atoms with Crippen LogP contribution in [0, 0.1) is 34.5 Å². The molecule has 2 aliphatic heterocycles. The predicted molar refractivity (Wildman–Crippen MR) is 135 cm³/mol. The minimum Gasteiger partial charge on any atom is -0.460 e. The van der Waals surface area contributed by atoms with Crippen LogP contribution in [0.15, 0.2) is 0 Å². The molecule has 1 N–H and O–H groups in total. The number of ether oxygens (including phenoxy) is 2. The molecular weight excluding hydrogens is 440 g/mol. The van der Waals surface area contributed by atoms with Gasteiger partial charge >= 0.3 is 5.97 Å². The van der Waals surface area contributed by atoms with Crippen LogP contribution in [-0.2, 0) is 14.3 Å². The van der Waals surface area contributed by atoms with Crippen LogP contribution in [-0.4, -0.2) is 84.6 Å². The largest absolute Gasteiger partial charge is 0.460 e. The Morgan fingerprint density at radius 3 is 2.34 bits per heavy atom. The van der Waals surface area contributed by atoms with Crippen LogP contribution in [0.1, 0.15) is 78.6 Å². The van der Waals surface area contributed by atoms with E-state index in [2.05, 4.69) is 23.6 Å². The summed E-state index contributed by atoms with van der Waals surface area (Å²) in [5, 5.41) is 11.2. The Morgan fingerprint density at radius 1 is 0.914 bits per heavy atom. The lowest BCUT2D eigenvalue weighted by Gasteiger charge is -2.62. The van der Waals surface area contributed by atoms with Crippen molar-refractivity contribution in [1.29, 1.82) is 0 Å². The predicted octanol–water partition coefficient (Wildman–Crippen LogP) is 3.71. The van der Waals surface area contributed by atoms with Crippen molar-refractivity contribution in [3.05, 3.63) is 0 Å². The topological polar surface area (TPSA) is 62.2 Å². The molecule has 0 radical (unpaired) electrons. The molecule has 4 aliphatic carbocycles. The zero-order chi connectivity index (χ0) is 24.4. The van der Waals surface area contributed by atoms with E-state index in [1.807, 2.05) is 0 Å². The van der Waals surface area contributed by atoms with Crippen LogP contribution in [0.25, 0.3) is 0 Å². The third kappa shape index (κ3) is 4.00. The van der Waals surface area contributed by atoms with Gasteiger partial charge in [0, 0.05) is 37.5 Å². The fraction of sp³-hybridized carbons (Fsp3) is 0.966. The number of morpholine rings is 1. The van der Waals surface area contributed by atoms with E-state index in [0.717, 1.165) is 64.1 Å². The van der Waals surface area contributed by atoms with Gasteiger partial charge in [0.05, 0.1) is 19.3 Å². The van der Waals surface area contributed by atoms with Crippen molar-refractivity contribution in [2.24, 2.45) is 34.5 Å². The van der Waals surface area contributed by atoms with Crippen molar-refractivity contribution in [2.75, 3.05) is 39.4 Å². The Hall–Kier alpha value is -0.690. The Balaban J connectivity index is 1.27. The maximum Gasteiger partial charge on any atom is 0.302 e.